The van der Waals surface area contributed by atoms with Crippen molar-refractivity contribution in [2.75, 3.05) is 18.0 Å². The lowest BCUT2D eigenvalue weighted by molar-refractivity contribution is 0.567. The minimum atomic E-state index is 0.396. The summed E-state index contributed by atoms with van der Waals surface area (Å²) in [4.78, 5) is 7.14. The predicted molar refractivity (Wildman–Crippen MR) is 86.2 cm³/mol. The highest BCUT2D eigenvalue weighted by Crippen LogP contribution is 2.32. The zero-order valence-electron chi connectivity index (χ0n) is 13.4. The van der Waals surface area contributed by atoms with Gasteiger partial charge in [-0.15, -0.1) is 0 Å². The van der Waals surface area contributed by atoms with Crippen molar-refractivity contribution in [2.45, 2.75) is 59.0 Å². The zero-order valence-corrected chi connectivity index (χ0v) is 13.4. The van der Waals surface area contributed by atoms with E-state index in [-0.39, 0.29) is 0 Å². The summed E-state index contributed by atoms with van der Waals surface area (Å²) >= 11 is 0. The van der Waals surface area contributed by atoms with Gasteiger partial charge in [-0.2, -0.15) is 0 Å². The molecule has 3 heteroatoms. The minimum absolute atomic E-state index is 0.396. The molecule has 0 bridgehead atoms. The number of aromatic nitrogens is 1. The Morgan fingerprint density at radius 1 is 1.35 bits per heavy atom. The van der Waals surface area contributed by atoms with Gasteiger partial charge in [0.15, 0.2) is 0 Å². The third-order valence-corrected chi connectivity index (χ3v) is 4.01. The molecular formula is C17H29N3. The van der Waals surface area contributed by atoms with E-state index >= 15 is 0 Å². The van der Waals surface area contributed by atoms with Crippen LogP contribution in [0.5, 0.6) is 0 Å². The molecule has 1 aromatic heterocycles. The van der Waals surface area contributed by atoms with E-state index in [0.29, 0.717) is 6.04 Å². The molecule has 0 aliphatic heterocycles. The summed E-state index contributed by atoms with van der Waals surface area (Å²) in [6.45, 7) is 11.1. The molecule has 0 radical (unpaired) electrons. The van der Waals surface area contributed by atoms with Gasteiger partial charge in [0, 0.05) is 24.8 Å². The van der Waals surface area contributed by atoms with E-state index in [1.165, 1.54) is 24.8 Å². The Morgan fingerprint density at radius 2 is 2.10 bits per heavy atom. The van der Waals surface area contributed by atoms with Crippen molar-refractivity contribution in [1.29, 1.82) is 0 Å². The Labute approximate surface area is 123 Å². The SMILES string of the molecule is CCNC(C)c1ccnc(N(CCC(C)C)C2CC2)c1. The van der Waals surface area contributed by atoms with Crippen LogP contribution in [-0.2, 0) is 0 Å². The Morgan fingerprint density at radius 3 is 2.70 bits per heavy atom. The van der Waals surface area contributed by atoms with E-state index < -0.39 is 0 Å². The Hall–Kier alpha value is -1.09. The molecule has 20 heavy (non-hydrogen) atoms. The lowest BCUT2D eigenvalue weighted by Crippen LogP contribution is -2.29. The Bertz CT molecular complexity index is 412. The molecule has 2 rings (SSSR count). The van der Waals surface area contributed by atoms with Gasteiger partial charge in [-0.1, -0.05) is 20.8 Å². The fraction of sp³-hybridized carbons (Fsp3) is 0.706. The van der Waals surface area contributed by atoms with Crippen molar-refractivity contribution in [3.05, 3.63) is 23.9 Å². The largest absolute Gasteiger partial charge is 0.354 e. The van der Waals surface area contributed by atoms with Gasteiger partial charge in [0.2, 0.25) is 0 Å². The average Bonchev–Trinajstić information content (AvgIpc) is 3.24. The Balaban J connectivity index is 2.10. The average molecular weight is 275 g/mol. The van der Waals surface area contributed by atoms with E-state index in [2.05, 4.69) is 55.0 Å². The summed E-state index contributed by atoms with van der Waals surface area (Å²) in [5, 5.41) is 3.48. The van der Waals surface area contributed by atoms with Gasteiger partial charge in [-0.25, -0.2) is 4.98 Å². The number of nitrogens with one attached hydrogen (secondary N) is 1. The highest BCUT2D eigenvalue weighted by molar-refractivity contribution is 5.44. The minimum Gasteiger partial charge on any atom is -0.354 e. The van der Waals surface area contributed by atoms with Gasteiger partial charge in [-0.05, 0) is 56.3 Å². The molecule has 1 atom stereocenters. The smallest absolute Gasteiger partial charge is 0.129 e. The first-order chi connectivity index (χ1) is 9.61. The van der Waals surface area contributed by atoms with E-state index in [1.807, 2.05) is 6.20 Å². The van der Waals surface area contributed by atoms with Crippen LogP contribution >= 0.6 is 0 Å². The molecule has 0 spiro atoms. The molecule has 112 valence electrons. The standard InChI is InChI=1S/C17H29N3/c1-5-18-14(4)15-8-10-19-17(12-15)20(16-6-7-16)11-9-13(2)3/h8,10,12-14,16,18H,5-7,9,11H2,1-4H3. The molecule has 1 aliphatic rings. The number of hydrogen-bond acceptors (Lipinski definition) is 3. The van der Waals surface area contributed by atoms with Crippen molar-refractivity contribution in [3.63, 3.8) is 0 Å². The first-order valence-electron chi connectivity index (χ1n) is 8.07. The van der Waals surface area contributed by atoms with Crippen LogP contribution < -0.4 is 10.2 Å². The normalized spacial score (nSPS) is 16.4. The van der Waals surface area contributed by atoms with Crippen LogP contribution in [0.4, 0.5) is 5.82 Å². The number of pyridine rings is 1. The molecule has 0 amide bonds. The van der Waals surface area contributed by atoms with Crippen molar-refractivity contribution >= 4 is 5.82 Å². The van der Waals surface area contributed by atoms with Gasteiger partial charge >= 0.3 is 0 Å². The molecule has 1 heterocycles. The van der Waals surface area contributed by atoms with Crippen molar-refractivity contribution in [3.8, 4) is 0 Å². The summed E-state index contributed by atoms with van der Waals surface area (Å²) in [5.41, 5.74) is 1.34. The Kier molecular flexibility index (Phi) is 5.41. The summed E-state index contributed by atoms with van der Waals surface area (Å²) in [5.74, 6) is 1.91. The van der Waals surface area contributed by atoms with Gasteiger partial charge in [0.1, 0.15) is 5.82 Å². The second kappa shape index (κ2) is 7.07. The van der Waals surface area contributed by atoms with Gasteiger partial charge in [0.25, 0.3) is 0 Å². The maximum atomic E-state index is 4.62. The molecule has 1 fully saturated rings. The lowest BCUT2D eigenvalue weighted by Gasteiger charge is -2.25. The molecule has 3 nitrogen and oxygen atoms in total. The van der Waals surface area contributed by atoms with Crippen LogP contribution in [0, 0.1) is 5.92 Å². The topological polar surface area (TPSA) is 28.2 Å². The van der Waals surface area contributed by atoms with E-state index in [9.17, 15) is 0 Å². The first-order valence-corrected chi connectivity index (χ1v) is 8.07. The van der Waals surface area contributed by atoms with Crippen LogP contribution in [0.2, 0.25) is 0 Å². The number of nitrogens with zero attached hydrogens (tertiary/aromatic N) is 2. The maximum absolute atomic E-state index is 4.62. The van der Waals surface area contributed by atoms with Gasteiger partial charge in [-0.3, -0.25) is 0 Å². The fourth-order valence-electron chi connectivity index (χ4n) is 2.55. The quantitative estimate of drug-likeness (QED) is 0.783. The summed E-state index contributed by atoms with van der Waals surface area (Å²) in [7, 11) is 0. The molecular weight excluding hydrogens is 246 g/mol. The molecule has 0 aromatic carbocycles. The second-order valence-corrected chi connectivity index (χ2v) is 6.33. The van der Waals surface area contributed by atoms with Crippen molar-refractivity contribution in [2.24, 2.45) is 5.92 Å². The van der Waals surface area contributed by atoms with Crippen LogP contribution in [0.15, 0.2) is 18.3 Å². The molecule has 1 aliphatic carbocycles. The number of rotatable bonds is 8. The maximum Gasteiger partial charge on any atom is 0.129 e. The van der Waals surface area contributed by atoms with Crippen LogP contribution in [0.1, 0.15) is 58.6 Å². The van der Waals surface area contributed by atoms with Crippen LogP contribution in [0.3, 0.4) is 0 Å². The molecule has 1 N–H and O–H groups in total. The number of anilines is 1. The molecule has 1 unspecified atom stereocenters. The zero-order chi connectivity index (χ0) is 14.5. The molecule has 1 aromatic rings. The lowest BCUT2D eigenvalue weighted by atomic mass is 10.1. The first kappa shape index (κ1) is 15.3. The molecule has 0 saturated heterocycles. The monoisotopic (exact) mass is 275 g/mol. The van der Waals surface area contributed by atoms with Crippen LogP contribution in [0.25, 0.3) is 0 Å². The van der Waals surface area contributed by atoms with E-state index in [0.717, 1.165) is 30.9 Å². The second-order valence-electron chi connectivity index (χ2n) is 6.33. The summed E-state index contributed by atoms with van der Waals surface area (Å²) in [6.07, 6.45) is 5.86. The van der Waals surface area contributed by atoms with Gasteiger partial charge < -0.3 is 10.2 Å². The third kappa shape index (κ3) is 4.20. The van der Waals surface area contributed by atoms with Crippen LogP contribution in [-0.4, -0.2) is 24.1 Å². The third-order valence-electron chi connectivity index (χ3n) is 4.01. The van der Waals surface area contributed by atoms with Crippen molar-refractivity contribution in [1.82, 2.24) is 10.3 Å². The fourth-order valence-corrected chi connectivity index (χ4v) is 2.55. The van der Waals surface area contributed by atoms with E-state index in [1.54, 1.807) is 0 Å². The summed E-state index contributed by atoms with van der Waals surface area (Å²) < 4.78 is 0. The molecule has 1 saturated carbocycles. The summed E-state index contributed by atoms with van der Waals surface area (Å²) in [6, 6.07) is 5.52. The van der Waals surface area contributed by atoms with E-state index in [4.69, 9.17) is 0 Å². The predicted octanol–water partition coefficient (Wildman–Crippen LogP) is 3.77. The number of hydrogen-bond donors (Lipinski definition) is 1. The van der Waals surface area contributed by atoms with Crippen molar-refractivity contribution < 1.29 is 0 Å². The van der Waals surface area contributed by atoms with Gasteiger partial charge in [0.05, 0.1) is 0 Å². The highest BCUT2D eigenvalue weighted by atomic mass is 15.2. The highest BCUT2D eigenvalue weighted by Gasteiger charge is 2.30.